The van der Waals surface area contributed by atoms with Crippen LogP contribution in [0, 0.1) is 0 Å². The third-order valence-corrected chi connectivity index (χ3v) is 8.19. The minimum atomic E-state index is -3.54. The molecule has 0 radical (unpaired) electrons. The fraction of sp³-hybridized carbons (Fsp3) is 0.321. The van der Waals surface area contributed by atoms with Crippen molar-refractivity contribution in [3.8, 4) is 11.5 Å². The van der Waals surface area contributed by atoms with Crippen LogP contribution in [0.25, 0.3) is 0 Å². The largest absolute Gasteiger partial charge is 0.497 e. The second-order valence-corrected chi connectivity index (χ2v) is 10.9. The van der Waals surface area contributed by atoms with Crippen molar-refractivity contribution in [1.82, 2.24) is 5.32 Å². The Balaban J connectivity index is 1.45. The minimum absolute atomic E-state index is 0.102. The van der Waals surface area contributed by atoms with E-state index < -0.39 is 9.84 Å². The summed E-state index contributed by atoms with van der Waals surface area (Å²) in [6.45, 7) is 0. The number of carbonyl (C=O) groups excluding carboxylic acids is 1. The van der Waals surface area contributed by atoms with Gasteiger partial charge in [-0.2, -0.15) is 0 Å². The Bertz CT molecular complexity index is 1270. The van der Waals surface area contributed by atoms with Crippen LogP contribution in [0.5, 0.6) is 11.5 Å². The molecule has 3 aromatic rings. The predicted molar refractivity (Wildman–Crippen MR) is 136 cm³/mol. The number of rotatable bonds is 10. The maximum atomic E-state index is 12.9. The number of carbonyl (C=O) groups is 1. The molecule has 1 unspecified atom stereocenters. The van der Waals surface area contributed by atoms with Crippen molar-refractivity contribution in [2.45, 2.75) is 43.0 Å². The third kappa shape index (κ3) is 6.22. The molecule has 0 spiro atoms. The van der Waals surface area contributed by atoms with E-state index in [0.717, 1.165) is 47.5 Å². The lowest BCUT2D eigenvalue weighted by Gasteiger charge is -2.20. The van der Waals surface area contributed by atoms with Gasteiger partial charge in [-0.05, 0) is 84.3 Å². The van der Waals surface area contributed by atoms with Gasteiger partial charge in [-0.1, -0.05) is 30.3 Å². The number of benzene rings is 3. The molecule has 1 aliphatic carbocycles. The fourth-order valence-electron chi connectivity index (χ4n) is 4.44. The van der Waals surface area contributed by atoms with E-state index in [0.29, 0.717) is 11.3 Å². The normalized spacial score (nSPS) is 13.7. The molecule has 3 aromatic carbocycles. The molecule has 0 aliphatic heterocycles. The van der Waals surface area contributed by atoms with Crippen molar-refractivity contribution >= 4 is 15.7 Å². The molecule has 0 saturated carbocycles. The van der Waals surface area contributed by atoms with Gasteiger partial charge in [0, 0.05) is 6.42 Å². The Kier molecular flexibility index (Phi) is 7.76. The number of nitrogens with one attached hydrogen (secondary N) is 1. The van der Waals surface area contributed by atoms with Gasteiger partial charge < -0.3 is 14.8 Å². The molecule has 0 bridgehead atoms. The number of amides is 1. The minimum Gasteiger partial charge on any atom is -0.497 e. The molecule has 0 heterocycles. The van der Waals surface area contributed by atoms with Crippen molar-refractivity contribution in [3.63, 3.8) is 0 Å². The van der Waals surface area contributed by atoms with Crippen molar-refractivity contribution < 1.29 is 22.7 Å². The number of ether oxygens (including phenoxy) is 2. The van der Waals surface area contributed by atoms with Crippen LogP contribution in [0.3, 0.4) is 0 Å². The van der Waals surface area contributed by atoms with Gasteiger partial charge in [0.25, 0.3) is 0 Å². The fourth-order valence-corrected chi connectivity index (χ4v) is 5.73. The van der Waals surface area contributed by atoms with Crippen LogP contribution in [0.2, 0.25) is 0 Å². The highest BCUT2D eigenvalue weighted by atomic mass is 32.2. The summed E-state index contributed by atoms with van der Waals surface area (Å²) in [5.41, 5.74) is 4.27. The van der Waals surface area contributed by atoms with E-state index >= 15 is 0 Å². The molecule has 0 aromatic heterocycles. The summed E-state index contributed by atoms with van der Waals surface area (Å²) in [5, 5.41) is 3.04. The lowest BCUT2D eigenvalue weighted by atomic mass is 9.98. The summed E-state index contributed by atoms with van der Waals surface area (Å²) < 4.78 is 36.3. The second kappa shape index (κ2) is 11.0. The number of fused-ring (bicyclic) bond motifs is 1. The summed E-state index contributed by atoms with van der Waals surface area (Å²) in [7, 11) is -0.323. The van der Waals surface area contributed by atoms with Crippen LogP contribution in [-0.4, -0.2) is 34.3 Å². The third-order valence-electron chi connectivity index (χ3n) is 6.48. The number of hydrogen-bond acceptors (Lipinski definition) is 5. The Labute approximate surface area is 207 Å². The van der Waals surface area contributed by atoms with Gasteiger partial charge in [-0.25, -0.2) is 8.42 Å². The zero-order chi connectivity index (χ0) is 24.8. The number of methoxy groups -OCH3 is 2. The molecule has 1 aliphatic rings. The molecule has 1 atom stereocenters. The van der Waals surface area contributed by atoms with Crippen LogP contribution in [-0.2, 0) is 33.9 Å². The molecule has 0 fully saturated rings. The molecule has 7 heteroatoms. The van der Waals surface area contributed by atoms with Gasteiger partial charge in [0.2, 0.25) is 5.91 Å². The zero-order valence-corrected chi connectivity index (χ0v) is 20.9. The highest BCUT2D eigenvalue weighted by molar-refractivity contribution is 7.91. The first kappa shape index (κ1) is 24.8. The van der Waals surface area contributed by atoms with E-state index in [1.807, 2.05) is 54.6 Å². The lowest BCUT2D eigenvalue weighted by Crippen LogP contribution is -2.31. The van der Waals surface area contributed by atoms with Crippen molar-refractivity contribution in [2.24, 2.45) is 0 Å². The molecule has 4 rings (SSSR count). The van der Waals surface area contributed by atoms with Gasteiger partial charge in [-0.3, -0.25) is 4.79 Å². The molecule has 184 valence electrons. The predicted octanol–water partition coefficient (Wildman–Crippen LogP) is 4.46. The second-order valence-electron chi connectivity index (χ2n) is 8.80. The van der Waals surface area contributed by atoms with Crippen molar-refractivity contribution in [2.75, 3.05) is 20.0 Å². The highest BCUT2D eigenvalue weighted by Gasteiger charge is 2.22. The van der Waals surface area contributed by atoms with Crippen LogP contribution in [0.4, 0.5) is 0 Å². The Morgan fingerprint density at radius 2 is 1.51 bits per heavy atom. The highest BCUT2D eigenvalue weighted by Crippen LogP contribution is 2.26. The summed E-state index contributed by atoms with van der Waals surface area (Å²) in [6.07, 6.45) is 3.42. The van der Waals surface area contributed by atoms with E-state index in [1.165, 1.54) is 5.56 Å². The van der Waals surface area contributed by atoms with E-state index in [2.05, 4.69) is 5.32 Å². The number of aryl methyl sites for hydroxylation is 2. The van der Waals surface area contributed by atoms with Gasteiger partial charge in [0.05, 0.1) is 30.9 Å². The zero-order valence-electron chi connectivity index (χ0n) is 20.1. The lowest BCUT2D eigenvalue weighted by molar-refractivity contribution is -0.121. The SMILES string of the molecule is COc1ccc(CC(NC(=O)CCS(=O)(=O)c2ccc3c(c2)CCC3)c2ccc(OC)cc2)cc1. The van der Waals surface area contributed by atoms with E-state index in [1.54, 1.807) is 26.4 Å². The molecule has 6 nitrogen and oxygen atoms in total. The van der Waals surface area contributed by atoms with E-state index in [-0.39, 0.29) is 24.1 Å². The number of sulfone groups is 1. The Morgan fingerprint density at radius 3 is 2.17 bits per heavy atom. The first-order valence-electron chi connectivity index (χ1n) is 11.8. The van der Waals surface area contributed by atoms with Crippen LogP contribution >= 0.6 is 0 Å². The van der Waals surface area contributed by atoms with Crippen LogP contribution in [0.15, 0.2) is 71.6 Å². The first-order chi connectivity index (χ1) is 16.9. The molecule has 35 heavy (non-hydrogen) atoms. The molecule has 1 amide bonds. The summed E-state index contributed by atoms with van der Waals surface area (Å²) in [6, 6.07) is 20.2. The van der Waals surface area contributed by atoms with Gasteiger partial charge >= 0.3 is 0 Å². The monoisotopic (exact) mass is 493 g/mol. The topological polar surface area (TPSA) is 81.7 Å². The van der Waals surface area contributed by atoms with Crippen LogP contribution in [0.1, 0.15) is 41.1 Å². The van der Waals surface area contributed by atoms with Gasteiger partial charge in [-0.15, -0.1) is 0 Å². The Morgan fingerprint density at radius 1 is 0.886 bits per heavy atom. The summed E-state index contributed by atoms with van der Waals surface area (Å²) >= 11 is 0. The van der Waals surface area contributed by atoms with E-state index in [9.17, 15) is 13.2 Å². The number of hydrogen-bond donors (Lipinski definition) is 1. The molecular weight excluding hydrogens is 462 g/mol. The van der Waals surface area contributed by atoms with Gasteiger partial charge in [0.1, 0.15) is 11.5 Å². The maximum Gasteiger partial charge on any atom is 0.221 e. The van der Waals surface area contributed by atoms with Crippen molar-refractivity contribution in [1.29, 1.82) is 0 Å². The average molecular weight is 494 g/mol. The molecule has 0 saturated heterocycles. The van der Waals surface area contributed by atoms with Crippen LogP contribution < -0.4 is 14.8 Å². The van der Waals surface area contributed by atoms with Gasteiger partial charge in [0.15, 0.2) is 9.84 Å². The standard InChI is InChI=1S/C28H31NO5S/c1-33-24-11-6-20(7-12-24)18-27(22-8-13-25(34-2)14-9-22)29-28(30)16-17-35(31,32)26-15-10-21-4-3-5-23(21)19-26/h6-15,19,27H,3-5,16-18H2,1-2H3,(H,29,30). The maximum absolute atomic E-state index is 12.9. The van der Waals surface area contributed by atoms with E-state index in [4.69, 9.17) is 9.47 Å². The molecule has 1 N–H and O–H groups in total. The first-order valence-corrected chi connectivity index (χ1v) is 13.4. The smallest absolute Gasteiger partial charge is 0.221 e. The quantitative estimate of drug-likeness (QED) is 0.451. The average Bonchev–Trinajstić information content (AvgIpc) is 3.36. The summed E-state index contributed by atoms with van der Waals surface area (Å²) in [5.74, 6) is 0.957. The van der Waals surface area contributed by atoms with Crippen molar-refractivity contribution in [3.05, 3.63) is 89.0 Å². The summed E-state index contributed by atoms with van der Waals surface area (Å²) in [4.78, 5) is 13.2. The Hall–Kier alpha value is -3.32. The molecular formula is C28H31NO5S.